The molecule has 0 bridgehead atoms. The molecule has 0 fully saturated rings. The Labute approximate surface area is 149 Å². The average Bonchev–Trinajstić information content (AvgIpc) is 2.62. The highest BCUT2D eigenvalue weighted by Crippen LogP contribution is 2.17. The number of hydroxylamine groups is 2. The van der Waals surface area contributed by atoms with E-state index in [1.165, 1.54) is 5.56 Å². The van der Waals surface area contributed by atoms with Crippen LogP contribution < -0.4 is 10.5 Å². The van der Waals surface area contributed by atoms with Gasteiger partial charge >= 0.3 is 0 Å². The Morgan fingerprint density at radius 2 is 1.80 bits per heavy atom. The Hall–Kier alpha value is -2.18. The maximum Gasteiger partial charge on any atom is 0.133 e. The number of aliphatic hydroxyl groups excluding tert-OH is 1. The van der Waals surface area contributed by atoms with E-state index >= 15 is 0 Å². The molecule has 0 heterocycles. The van der Waals surface area contributed by atoms with Gasteiger partial charge in [0.25, 0.3) is 0 Å². The van der Waals surface area contributed by atoms with Crippen LogP contribution in [-0.2, 0) is 11.3 Å². The quantitative estimate of drug-likeness (QED) is 0.581. The lowest BCUT2D eigenvalue weighted by atomic mass is 10.1. The molecule has 0 saturated heterocycles. The molecule has 0 aromatic heterocycles. The first-order chi connectivity index (χ1) is 12.0. The van der Waals surface area contributed by atoms with E-state index in [1.54, 1.807) is 6.92 Å². The molecule has 2 unspecified atom stereocenters. The van der Waals surface area contributed by atoms with Crippen molar-refractivity contribution in [3.05, 3.63) is 77.6 Å². The van der Waals surface area contributed by atoms with Crippen LogP contribution in [0.15, 0.2) is 66.9 Å². The van der Waals surface area contributed by atoms with Crippen molar-refractivity contribution in [1.29, 1.82) is 0 Å². The summed E-state index contributed by atoms with van der Waals surface area (Å²) in [5.41, 5.74) is 3.66. The Morgan fingerprint density at radius 1 is 1.16 bits per heavy atom. The molecular formula is C20H26N2O3. The molecule has 0 aliphatic rings. The van der Waals surface area contributed by atoms with Crippen LogP contribution in [0.2, 0.25) is 0 Å². The van der Waals surface area contributed by atoms with Crippen LogP contribution in [0.4, 0.5) is 11.4 Å². The van der Waals surface area contributed by atoms with E-state index in [9.17, 15) is 10.3 Å². The number of para-hydroxylation sites is 1. The van der Waals surface area contributed by atoms with Gasteiger partial charge in [0.05, 0.1) is 6.10 Å². The molecule has 5 heteroatoms. The van der Waals surface area contributed by atoms with Gasteiger partial charge in [-0.05, 0) is 55.7 Å². The third-order valence-corrected chi connectivity index (χ3v) is 3.77. The number of anilines is 2. The minimum Gasteiger partial charge on any atom is -0.595 e. The van der Waals surface area contributed by atoms with Gasteiger partial charge in [0.15, 0.2) is 0 Å². The number of quaternary nitrogens is 1. The summed E-state index contributed by atoms with van der Waals surface area (Å²) in [5.74, 6) is 0. The second-order valence-corrected chi connectivity index (χ2v) is 6.11. The molecule has 134 valence electrons. The summed E-state index contributed by atoms with van der Waals surface area (Å²) in [7, 11) is 0. The number of aliphatic hydroxyl groups is 1. The van der Waals surface area contributed by atoms with Crippen LogP contribution in [0, 0.1) is 5.21 Å². The minimum absolute atomic E-state index is 0.0195. The van der Waals surface area contributed by atoms with Crippen molar-refractivity contribution in [1.82, 2.24) is 0 Å². The number of hydrogen-bond donors (Lipinski definition) is 3. The lowest BCUT2D eigenvalue weighted by molar-refractivity contribution is -1.02. The summed E-state index contributed by atoms with van der Waals surface area (Å²) in [4.78, 5) is 4.94. The van der Waals surface area contributed by atoms with Gasteiger partial charge in [0, 0.05) is 18.3 Å². The van der Waals surface area contributed by atoms with Gasteiger partial charge in [0.2, 0.25) is 0 Å². The molecule has 0 saturated carbocycles. The average molecular weight is 342 g/mol. The molecule has 0 aliphatic carbocycles. The van der Waals surface area contributed by atoms with Gasteiger partial charge in [-0.2, -0.15) is 10.1 Å². The van der Waals surface area contributed by atoms with Gasteiger partial charge in [0.1, 0.15) is 12.3 Å². The Bertz CT molecular complexity index is 644. The third kappa shape index (κ3) is 7.07. The lowest BCUT2D eigenvalue weighted by Crippen LogP contribution is -3.04. The molecule has 25 heavy (non-hydrogen) atoms. The second kappa shape index (κ2) is 9.96. The van der Waals surface area contributed by atoms with Gasteiger partial charge < -0.3 is 15.6 Å². The SMILES string of the molecule is C=C(C)[NH+]([O-])OCC(O)CCCc1ccc(Nc2ccccc2)cc1. The molecule has 2 aromatic carbocycles. The van der Waals surface area contributed by atoms with Crippen molar-refractivity contribution in [2.75, 3.05) is 11.9 Å². The van der Waals surface area contributed by atoms with Crippen LogP contribution in [-0.4, -0.2) is 17.8 Å². The number of rotatable bonds is 10. The van der Waals surface area contributed by atoms with Crippen molar-refractivity contribution in [3.8, 4) is 0 Å². The zero-order chi connectivity index (χ0) is 18.1. The van der Waals surface area contributed by atoms with Crippen LogP contribution in [0.5, 0.6) is 0 Å². The second-order valence-electron chi connectivity index (χ2n) is 6.11. The van der Waals surface area contributed by atoms with E-state index in [0.717, 1.165) is 24.2 Å². The summed E-state index contributed by atoms with van der Waals surface area (Å²) in [6.07, 6.45) is 1.66. The fraction of sp³-hybridized carbons (Fsp3) is 0.300. The van der Waals surface area contributed by atoms with Crippen molar-refractivity contribution in [3.63, 3.8) is 0 Å². The minimum atomic E-state index is -0.637. The van der Waals surface area contributed by atoms with Gasteiger partial charge in [-0.1, -0.05) is 30.3 Å². The topological polar surface area (TPSA) is 69.0 Å². The van der Waals surface area contributed by atoms with Crippen LogP contribution in [0.25, 0.3) is 0 Å². The first kappa shape index (κ1) is 19.1. The standard InChI is InChI=1S/C20H26N2O3/c1-16(2)22(24)25-15-20(23)10-6-7-17-11-13-19(14-12-17)21-18-8-4-3-5-9-18/h3-5,8-9,11-14,20-23H,1,6-7,10,15H2,2H3. The molecule has 0 spiro atoms. The van der Waals surface area contributed by atoms with Crippen LogP contribution in [0.1, 0.15) is 25.3 Å². The highest BCUT2D eigenvalue weighted by molar-refractivity contribution is 5.59. The number of hydrogen-bond acceptors (Lipinski definition) is 4. The molecule has 2 aromatic rings. The van der Waals surface area contributed by atoms with Crippen LogP contribution >= 0.6 is 0 Å². The number of allylic oxidation sites excluding steroid dienone is 1. The summed E-state index contributed by atoms with van der Waals surface area (Å²) < 4.78 is 0. The van der Waals surface area contributed by atoms with E-state index in [0.29, 0.717) is 12.1 Å². The van der Waals surface area contributed by atoms with Gasteiger partial charge in [-0.15, -0.1) is 0 Å². The summed E-state index contributed by atoms with van der Waals surface area (Å²) in [6, 6.07) is 18.3. The summed E-state index contributed by atoms with van der Waals surface area (Å²) in [6.45, 7) is 5.11. The van der Waals surface area contributed by atoms with Crippen molar-refractivity contribution < 1.29 is 15.2 Å². The fourth-order valence-corrected chi connectivity index (χ4v) is 2.36. The normalized spacial score (nSPS) is 13.2. The third-order valence-electron chi connectivity index (χ3n) is 3.77. The first-order valence-corrected chi connectivity index (χ1v) is 8.46. The zero-order valence-electron chi connectivity index (χ0n) is 14.6. The maximum absolute atomic E-state index is 11.3. The highest BCUT2D eigenvalue weighted by Gasteiger charge is 2.08. The number of aryl methyl sites for hydroxylation is 1. The Kier molecular flexibility index (Phi) is 7.63. The molecule has 2 atom stereocenters. The molecule has 2 rings (SSSR count). The van der Waals surface area contributed by atoms with Crippen LogP contribution in [0.3, 0.4) is 0 Å². The van der Waals surface area contributed by atoms with Gasteiger partial charge in [-0.3, -0.25) is 0 Å². The van der Waals surface area contributed by atoms with Gasteiger partial charge in [-0.25, -0.2) is 0 Å². The summed E-state index contributed by atoms with van der Waals surface area (Å²) in [5, 5.41) is 24.0. The smallest absolute Gasteiger partial charge is 0.133 e. The molecular weight excluding hydrogens is 316 g/mol. The molecule has 3 N–H and O–H groups in total. The monoisotopic (exact) mass is 342 g/mol. The zero-order valence-corrected chi connectivity index (χ0v) is 14.6. The number of benzene rings is 2. The van der Waals surface area contributed by atoms with E-state index < -0.39 is 11.3 Å². The predicted octanol–water partition coefficient (Wildman–Crippen LogP) is 2.96. The van der Waals surface area contributed by atoms with Crippen molar-refractivity contribution in [2.45, 2.75) is 32.3 Å². The highest BCUT2D eigenvalue weighted by atomic mass is 16.9. The van der Waals surface area contributed by atoms with E-state index in [1.807, 2.05) is 42.5 Å². The Morgan fingerprint density at radius 3 is 2.44 bits per heavy atom. The van der Waals surface area contributed by atoms with E-state index in [4.69, 9.17) is 4.84 Å². The van der Waals surface area contributed by atoms with Crippen molar-refractivity contribution in [2.24, 2.45) is 0 Å². The summed E-state index contributed by atoms with van der Waals surface area (Å²) >= 11 is 0. The largest absolute Gasteiger partial charge is 0.595 e. The van der Waals surface area contributed by atoms with Crippen molar-refractivity contribution >= 4 is 11.4 Å². The lowest BCUT2D eigenvalue weighted by Gasteiger charge is -2.20. The molecule has 5 nitrogen and oxygen atoms in total. The predicted molar refractivity (Wildman–Crippen MR) is 100 cm³/mol. The molecule has 0 aliphatic heterocycles. The van der Waals surface area contributed by atoms with E-state index in [-0.39, 0.29) is 6.61 Å². The first-order valence-electron chi connectivity index (χ1n) is 8.46. The molecule has 0 amide bonds. The molecule has 0 radical (unpaired) electrons. The van der Waals surface area contributed by atoms with E-state index in [2.05, 4.69) is 24.0 Å². The maximum atomic E-state index is 11.3. The Balaban J connectivity index is 1.70. The fourth-order valence-electron chi connectivity index (χ4n) is 2.36. The number of nitrogens with one attached hydrogen (secondary N) is 2.